The molecule has 0 N–H and O–H groups in total. The summed E-state index contributed by atoms with van der Waals surface area (Å²) in [5, 5.41) is 0. The van der Waals surface area contributed by atoms with Crippen LogP contribution in [0.1, 0.15) is 0 Å². The van der Waals surface area contributed by atoms with Gasteiger partial charge in [0.25, 0.3) is 0 Å². The maximum absolute atomic E-state index is 5.69. The number of benzene rings is 2. The van der Waals surface area contributed by atoms with Crippen LogP contribution in [0.2, 0.25) is 0 Å². The van der Waals surface area contributed by atoms with Crippen molar-refractivity contribution in [1.29, 1.82) is 0 Å². The lowest BCUT2D eigenvalue weighted by atomic mass is 10.3. The summed E-state index contributed by atoms with van der Waals surface area (Å²) in [7, 11) is 3.21. The van der Waals surface area contributed by atoms with Gasteiger partial charge in [0.1, 0.15) is 11.5 Å². The van der Waals surface area contributed by atoms with Crippen LogP contribution in [-0.4, -0.2) is 14.2 Å². The predicted octanol–water partition coefficient (Wildman–Crippen LogP) is 3.30. The lowest BCUT2D eigenvalue weighted by Crippen LogP contribution is -1.91. The summed E-state index contributed by atoms with van der Waals surface area (Å²) in [6.07, 6.45) is 0. The molecule has 0 saturated heterocycles. The van der Waals surface area contributed by atoms with Gasteiger partial charge in [0, 0.05) is 6.07 Å². The molecule has 3 heteroatoms. The van der Waals surface area contributed by atoms with Crippen LogP contribution >= 0.6 is 0 Å². The van der Waals surface area contributed by atoms with Crippen LogP contribution in [0.5, 0.6) is 23.0 Å². The van der Waals surface area contributed by atoms with Gasteiger partial charge in [0.2, 0.25) is 0 Å². The third-order valence-electron chi connectivity index (χ3n) is 2.28. The minimum absolute atomic E-state index is 0.633. The third-order valence-corrected chi connectivity index (χ3v) is 2.28. The highest BCUT2D eigenvalue weighted by Gasteiger charge is 2.06. The number of hydrogen-bond acceptors (Lipinski definition) is 3. The molecule has 0 aromatic heterocycles. The average molecular weight is 229 g/mol. The summed E-state index contributed by atoms with van der Waals surface area (Å²) in [5.41, 5.74) is 0. The number of ether oxygens (including phenoxy) is 3. The first-order chi connectivity index (χ1) is 8.33. The van der Waals surface area contributed by atoms with Crippen molar-refractivity contribution >= 4 is 0 Å². The normalized spacial score (nSPS) is 9.76. The van der Waals surface area contributed by atoms with E-state index >= 15 is 0 Å². The highest BCUT2D eigenvalue weighted by Crippen LogP contribution is 2.34. The lowest BCUT2D eigenvalue weighted by molar-refractivity contribution is 0.369. The summed E-state index contributed by atoms with van der Waals surface area (Å²) in [5.74, 6) is 2.73. The van der Waals surface area contributed by atoms with Gasteiger partial charge in [-0.25, -0.2) is 0 Å². The van der Waals surface area contributed by atoms with E-state index in [-0.39, 0.29) is 0 Å². The Labute approximate surface area is 101 Å². The fourth-order valence-electron chi connectivity index (χ4n) is 1.43. The molecule has 0 fully saturated rings. The molecular weight excluding hydrogens is 216 g/mol. The van der Waals surface area contributed by atoms with E-state index in [9.17, 15) is 0 Å². The zero-order valence-corrected chi connectivity index (χ0v) is 9.77. The molecule has 2 aromatic carbocycles. The van der Waals surface area contributed by atoms with Crippen molar-refractivity contribution in [3.8, 4) is 23.0 Å². The fourth-order valence-corrected chi connectivity index (χ4v) is 1.43. The maximum atomic E-state index is 5.69. The fraction of sp³-hybridized carbons (Fsp3) is 0.143. The molecule has 87 valence electrons. The van der Waals surface area contributed by atoms with Gasteiger partial charge >= 0.3 is 0 Å². The maximum Gasteiger partial charge on any atom is 0.169 e. The molecule has 2 aromatic rings. The van der Waals surface area contributed by atoms with Crippen molar-refractivity contribution in [2.75, 3.05) is 14.2 Å². The summed E-state index contributed by atoms with van der Waals surface area (Å²) >= 11 is 0. The van der Waals surface area contributed by atoms with Gasteiger partial charge in [-0.05, 0) is 30.3 Å². The van der Waals surface area contributed by atoms with Crippen LogP contribution in [0.4, 0.5) is 0 Å². The zero-order chi connectivity index (χ0) is 12.1. The molecule has 0 heterocycles. The van der Waals surface area contributed by atoms with Gasteiger partial charge in [0.15, 0.2) is 11.5 Å². The van der Waals surface area contributed by atoms with E-state index in [1.165, 1.54) is 0 Å². The Morgan fingerprint density at radius 3 is 2.47 bits per heavy atom. The second kappa shape index (κ2) is 5.25. The number of rotatable bonds is 4. The Morgan fingerprint density at radius 1 is 0.941 bits per heavy atom. The SMILES string of the molecule is COc1ccc(Oc2c[c]ccc2)c(OC)c1. The predicted molar refractivity (Wildman–Crippen MR) is 64.9 cm³/mol. The first-order valence-electron chi connectivity index (χ1n) is 5.19. The second-order valence-corrected chi connectivity index (χ2v) is 3.36. The molecule has 0 aliphatic carbocycles. The second-order valence-electron chi connectivity index (χ2n) is 3.36. The standard InChI is InChI=1S/C14H13O3/c1-15-12-8-9-13(14(10-12)16-2)17-11-6-4-3-5-7-11/h3-4,6-10H,1-2H3. The smallest absolute Gasteiger partial charge is 0.169 e. The van der Waals surface area contributed by atoms with Crippen LogP contribution in [0.3, 0.4) is 0 Å². The average Bonchev–Trinajstić information content (AvgIpc) is 2.40. The van der Waals surface area contributed by atoms with Crippen molar-refractivity contribution in [1.82, 2.24) is 0 Å². The Balaban J connectivity index is 2.26. The molecule has 0 spiro atoms. The van der Waals surface area contributed by atoms with Gasteiger partial charge in [-0.2, -0.15) is 0 Å². The van der Waals surface area contributed by atoms with E-state index in [1.807, 2.05) is 30.3 Å². The minimum Gasteiger partial charge on any atom is -0.497 e. The van der Waals surface area contributed by atoms with Crippen molar-refractivity contribution in [2.45, 2.75) is 0 Å². The monoisotopic (exact) mass is 229 g/mol. The quantitative estimate of drug-likeness (QED) is 0.805. The van der Waals surface area contributed by atoms with Crippen molar-refractivity contribution in [2.24, 2.45) is 0 Å². The summed E-state index contributed by atoms with van der Waals surface area (Å²) < 4.78 is 16.1. The van der Waals surface area contributed by atoms with E-state index in [0.717, 1.165) is 11.5 Å². The summed E-state index contributed by atoms with van der Waals surface area (Å²) in [4.78, 5) is 0. The number of methoxy groups -OCH3 is 2. The minimum atomic E-state index is 0.633. The Hall–Kier alpha value is -2.16. The van der Waals surface area contributed by atoms with Gasteiger partial charge < -0.3 is 14.2 Å². The Bertz CT molecular complexity index is 480. The Morgan fingerprint density at radius 2 is 1.82 bits per heavy atom. The summed E-state index contributed by atoms with van der Waals surface area (Å²) in [6, 6.07) is 15.7. The largest absolute Gasteiger partial charge is 0.497 e. The molecule has 0 saturated carbocycles. The van der Waals surface area contributed by atoms with E-state index in [1.54, 1.807) is 26.4 Å². The molecule has 0 aliphatic heterocycles. The van der Waals surface area contributed by atoms with Crippen LogP contribution in [0.15, 0.2) is 42.5 Å². The van der Waals surface area contributed by atoms with Crippen molar-refractivity contribution in [3.63, 3.8) is 0 Å². The molecular formula is C14H13O3. The van der Waals surface area contributed by atoms with Gasteiger partial charge in [-0.3, -0.25) is 0 Å². The van der Waals surface area contributed by atoms with E-state index in [4.69, 9.17) is 14.2 Å². The van der Waals surface area contributed by atoms with E-state index < -0.39 is 0 Å². The molecule has 0 unspecified atom stereocenters. The topological polar surface area (TPSA) is 27.7 Å². The van der Waals surface area contributed by atoms with Crippen LogP contribution in [-0.2, 0) is 0 Å². The highest BCUT2D eigenvalue weighted by atomic mass is 16.5. The molecule has 3 nitrogen and oxygen atoms in total. The lowest BCUT2D eigenvalue weighted by Gasteiger charge is -2.11. The first-order valence-corrected chi connectivity index (χ1v) is 5.19. The van der Waals surface area contributed by atoms with E-state index in [2.05, 4.69) is 6.07 Å². The highest BCUT2D eigenvalue weighted by molar-refractivity contribution is 5.47. The van der Waals surface area contributed by atoms with Crippen molar-refractivity contribution in [3.05, 3.63) is 48.5 Å². The molecule has 1 radical (unpaired) electrons. The molecule has 17 heavy (non-hydrogen) atoms. The molecule has 0 aliphatic rings. The Kier molecular flexibility index (Phi) is 3.50. The van der Waals surface area contributed by atoms with Gasteiger partial charge in [-0.1, -0.05) is 12.1 Å². The molecule has 2 rings (SSSR count). The van der Waals surface area contributed by atoms with Gasteiger partial charge in [-0.15, -0.1) is 0 Å². The van der Waals surface area contributed by atoms with Crippen LogP contribution in [0.25, 0.3) is 0 Å². The van der Waals surface area contributed by atoms with Crippen LogP contribution < -0.4 is 14.2 Å². The molecule has 0 atom stereocenters. The summed E-state index contributed by atoms with van der Waals surface area (Å²) in [6.45, 7) is 0. The molecule has 0 bridgehead atoms. The number of hydrogen-bond donors (Lipinski definition) is 0. The molecule has 0 amide bonds. The van der Waals surface area contributed by atoms with Crippen molar-refractivity contribution < 1.29 is 14.2 Å². The van der Waals surface area contributed by atoms with Crippen LogP contribution in [0, 0.1) is 6.07 Å². The third kappa shape index (κ3) is 2.69. The van der Waals surface area contributed by atoms with Gasteiger partial charge in [0.05, 0.1) is 14.2 Å². The van der Waals surface area contributed by atoms with E-state index in [0.29, 0.717) is 11.5 Å². The first kappa shape index (κ1) is 11.3. The zero-order valence-electron chi connectivity index (χ0n) is 9.77.